The highest BCUT2D eigenvalue weighted by molar-refractivity contribution is 5.99. The molecule has 1 unspecified atom stereocenters. The largest absolute Gasteiger partial charge is 0.381 e. The van der Waals surface area contributed by atoms with E-state index in [4.69, 9.17) is 14.7 Å². The van der Waals surface area contributed by atoms with Gasteiger partial charge in [-0.25, -0.2) is 14.4 Å². The van der Waals surface area contributed by atoms with Gasteiger partial charge < -0.3 is 18.8 Å². The summed E-state index contributed by atoms with van der Waals surface area (Å²) in [5.41, 5.74) is 3.37. The molecule has 0 radical (unpaired) electrons. The highest BCUT2D eigenvalue weighted by Crippen LogP contribution is 2.60. The molecule has 1 aromatic carbocycles. The maximum atomic E-state index is 16.1. The smallest absolute Gasteiger partial charge is 0.254 e. The summed E-state index contributed by atoms with van der Waals surface area (Å²) in [6, 6.07) is 9.81. The second-order valence-corrected chi connectivity index (χ2v) is 12.7. The van der Waals surface area contributed by atoms with E-state index in [1.165, 1.54) is 25.3 Å². The van der Waals surface area contributed by atoms with Crippen molar-refractivity contribution in [2.24, 2.45) is 29.6 Å². The number of hydrogen-bond acceptors (Lipinski definition) is 4. The zero-order valence-corrected chi connectivity index (χ0v) is 21.9. The third kappa shape index (κ3) is 3.33. The predicted octanol–water partition coefficient (Wildman–Crippen LogP) is 5.12. The standard InChI is InChI=1S/C31H32FN5O2/c32-23-9-21(31(38)36-15-22-8-20-12-25(36)27(20)22)10-24-28(23)37(14-18-5-7-39-16-18)30(34-24)26-11-19-2-1-6-33-29(19)35(26)13-17-3-4-17/h1-2,6,9-11,17-18,20,22,25,27H,3-5,7-8,12-16H2/t18-,20?,22+,25+,27+/m0/s1. The molecule has 5 aliphatic rings. The van der Waals surface area contributed by atoms with Crippen molar-refractivity contribution in [2.45, 2.75) is 51.2 Å². The van der Waals surface area contributed by atoms with Crippen LogP contribution in [0.5, 0.6) is 0 Å². The van der Waals surface area contributed by atoms with Crippen molar-refractivity contribution < 1.29 is 13.9 Å². The molecule has 3 aromatic heterocycles. The summed E-state index contributed by atoms with van der Waals surface area (Å²) >= 11 is 0. The molecule has 5 heterocycles. The Labute approximate surface area is 226 Å². The lowest BCUT2D eigenvalue weighted by molar-refractivity contribution is -0.0204. The minimum atomic E-state index is -0.370. The SMILES string of the molecule is O=C(c1cc(F)c2c(c1)nc(-c1cc3cccnc3n1CC1CC1)n2C[C@@H]1CCOC1)N1C[C@H]2CC3C[C@@H]1[C@H]32. The van der Waals surface area contributed by atoms with Gasteiger partial charge in [0.1, 0.15) is 17.0 Å². The second-order valence-electron chi connectivity index (χ2n) is 12.7. The molecule has 39 heavy (non-hydrogen) atoms. The molecule has 1 amide bonds. The van der Waals surface area contributed by atoms with Crippen LogP contribution in [0, 0.1) is 35.4 Å². The normalized spacial score (nSPS) is 29.2. The highest BCUT2D eigenvalue weighted by atomic mass is 19.1. The molecule has 0 bridgehead atoms. The van der Waals surface area contributed by atoms with Crippen LogP contribution >= 0.6 is 0 Å². The van der Waals surface area contributed by atoms with Gasteiger partial charge in [-0.05, 0) is 86.1 Å². The third-order valence-electron chi connectivity index (χ3n) is 10.3. The summed E-state index contributed by atoms with van der Waals surface area (Å²) in [5, 5.41) is 1.06. The zero-order valence-electron chi connectivity index (χ0n) is 21.9. The molecule has 7 nitrogen and oxygen atoms in total. The summed E-state index contributed by atoms with van der Waals surface area (Å²) in [7, 11) is 0. The molecule has 8 heteroatoms. The van der Waals surface area contributed by atoms with Gasteiger partial charge in [0.25, 0.3) is 5.91 Å². The van der Waals surface area contributed by atoms with Crippen LogP contribution < -0.4 is 0 Å². The predicted molar refractivity (Wildman–Crippen MR) is 145 cm³/mol. The molecular formula is C31H32FN5O2. The lowest BCUT2D eigenvalue weighted by Crippen LogP contribution is -2.53. The van der Waals surface area contributed by atoms with Gasteiger partial charge in [-0.3, -0.25) is 4.79 Å². The zero-order chi connectivity index (χ0) is 25.8. The average molecular weight is 526 g/mol. The van der Waals surface area contributed by atoms with E-state index in [2.05, 4.69) is 16.7 Å². The number of carbonyl (C=O) groups excluding carboxylic acids is 1. The number of rotatable bonds is 6. The third-order valence-corrected chi connectivity index (χ3v) is 10.3. The molecule has 3 saturated carbocycles. The number of carbonyl (C=O) groups is 1. The molecule has 5 fully saturated rings. The van der Waals surface area contributed by atoms with E-state index >= 15 is 4.39 Å². The fraction of sp³-hybridized carbons (Fsp3) is 0.516. The summed E-state index contributed by atoms with van der Waals surface area (Å²) in [6.45, 7) is 3.74. The first kappa shape index (κ1) is 22.5. The van der Waals surface area contributed by atoms with Crippen molar-refractivity contribution in [3.05, 3.63) is 47.9 Å². The number of fused-ring (bicyclic) bond motifs is 2. The lowest BCUT2D eigenvalue weighted by Gasteiger charge is -2.52. The fourth-order valence-electron chi connectivity index (χ4n) is 8.08. The lowest BCUT2D eigenvalue weighted by atomic mass is 9.53. The Morgan fingerprint density at radius 1 is 1.05 bits per heavy atom. The minimum absolute atomic E-state index is 0.0408. The van der Waals surface area contributed by atoms with Crippen LogP contribution in [-0.4, -0.2) is 55.7 Å². The van der Waals surface area contributed by atoms with E-state index in [1.54, 1.807) is 0 Å². The number of amides is 1. The number of likely N-dealkylation sites (tertiary alicyclic amines) is 1. The van der Waals surface area contributed by atoms with Crippen molar-refractivity contribution in [3.63, 3.8) is 0 Å². The van der Waals surface area contributed by atoms with Gasteiger partial charge in [-0.15, -0.1) is 0 Å². The van der Waals surface area contributed by atoms with Crippen molar-refractivity contribution in [1.29, 1.82) is 0 Å². The van der Waals surface area contributed by atoms with E-state index < -0.39 is 0 Å². The maximum Gasteiger partial charge on any atom is 0.254 e. The van der Waals surface area contributed by atoms with Crippen molar-refractivity contribution >= 4 is 28.0 Å². The van der Waals surface area contributed by atoms with E-state index in [0.29, 0.717) is 59.5 Å². The molecule has 5 atom stereocenters. The molecule has 9 rings (SSSR count). The Bertz CT molecular complexity index is 1650. The van der Waals surface area contributed by atoms with E-state index in [0.717, 1.165) is 61.0 Å². The summed E-state index contributed by atoms with van der Waals surface area (Å²) < 4.78 is 26.1. The first-order valence-corrected chi connectivity index (χ1v) is 14.7. The summed E-state index contributed by atoms with van der Waals surface area (Å²) in [4.78, 5) is 25.4. The maximum absolute atomic E-state index is 16.1. The summed E-state index contributed by atoms with van der Waals surface area (Å²) in [6.07, 6.45) is 7.59. The average Bonchev–Trinajstić information content (AvgIpc) is 3.25. The molecule has 3 aliphatic carbocycles. The van der Waals surface area contributed by atoms with E-state index in [9.17, 15) is 4.79 Å². The molecule has 0 N–H and O–H groups in total. The molecule has 0 spiro atoms. The van der Waals surface area contributed by atoms with Crippen LogP contribution in [0.3, 0.4) is 0 Å². The quantitative estimate of drug-likeness (QED) is 0.351. The Hall–Kier alpha value is -3.26. The highest BCUT2D eigenvalue weighted by Gasteiger charge is 2.61. The topological polar surface area (TPSA) is 65.2 Å². The van der Waals surface area contributed by atoms with Crippen LogP contribution in [0.2, 0.25) is 0 Å². The van der Waals surface area contributed by atoms with Gasteiger partial charge in [-0.2, -0.15) is 0 Å². The van der Waals surface area contributed by atoms with Crippen molar-refractivity contribution in [2.75, 3.05) is 19.8 Å². The summed E-state index contributed by atoms with van der Waals surface area (Å²) in [5.74, 6) is 3.42. The number of hydrogen-bond donors (Lipinski definition) is 0. The van der Waals surface area contributed by atoms with Crippen LogP contribution in [0.25, 0.3) is 33.6 Å². The van der Waals surface area contributed by atoms with Gasteiger partial charge in [-0.1, -0.05) is 0 Å². The number of halogens is 1. The van der Waals surface area contributed by atoms with Crippen LogP contribution in [0.4, 0.5) is 4.39 Å². The number of pyridine rings is 1. The fourth-order valence-corrected chi connectivity index (χ4v) is 8.08. The Morgan fingerprint density at radius 3 is 2.74 bits per heavy atom. The van der Waals surface area contributed by atoms with Crippen LogP contribution in [-0.2, 0) is 17.8 Å². The van der Waals surface area contributed by atoms with Gasteiger partial charge in [0.2, 0.25) is 0 Å². The molecule has 2 aliphatic heterocycles. The van der Waals surface area contributed by atoms with Crippen molar-refractivity contribution in [3.8, 4) is 11.5 Å². The van der Waals surface area contributed by atoms with Gasteiger partial charge >= 0.3 is 0 Å². The van der Waals surface area contributed by atoms with E-state index in [-0.39, 0.29) is 11.7 Å². The van der Waals surface area contributed by atoms with E-state index in [1.807, 2.05) is 27.8 Å². The first-order chi connectivity index (χ1) is 19.1. The molecule has 2 saturated heterocycles. The molecule has 4 aromatic rings. The van der Waals surface area contributed by atoms with Crippen LogP contribution in [0.15, 0.2) is 36.5 Å². The van der Waals surface area contributed by atoms with Gasteiger partial charge in [0.15, 0.2) is 5.82 Å². The molecule has 200 valence electrons. The number of aromatic nitrogens is 4. The first-order valence-electron chi connectivity index (χ1n) is 14.7. The van der Waals surface area contributed by atoms with Gasteiger partial charge in [0.05, 0.1) is 17.8 Å². The Balaban J connectivity index is 1.18. The number of nitrogens with zero attached hydrogens (tertiary/aromatic N) is 5. The second kappa shape index (κ2) is 8.13. The van der Waals surface area contributed by atoms with Gasteiger partial charge in [0, 0.05) is 55.3 Å². The molecular weight excluding hydrogens is 493 g/mol. The number of ether oxygens (including phenoxy) is 1. The minimum Gasteiger partial charge on any atom is -0.381 e. The number of imidazole rings is 1. The van der Waals surface area contributed by atoms with Crippen LogP contribution in [0.1, 0.15) is 42.5 Å². The van der Waals surface area contributed by atoms with Crippen molar-refractivity contribution in [1.82, 2.24) is 24.0 Å². The monoisotopic (exact) mass is 525 g/mol. The number of benzene rings is 1. The Kier molecular flexibility index (Phi) is 4.70. The Morgan fingerprint density at radius 2 is 1.95 bits per heavy atom.